The molecule has 3 nitrogen and oxygen atoms in total. The van der Waals surface area contributed by atoms with Crippen molar-refractivity contribution in [3.63, 3.8) is 0 Å². The van der Waals surface area contributed by atoms with Gasteiger partial charge in [-0.3, -0.25) is 0 Å². The second-order valence-corrected chi connectivity index (χ2v) is 6.57. The predicted octanol–water partition coefficient (Wildman–Crippen LogP) is 3.91. The first-order valence-electron chi connectivity index (χ1n) is 7.10. The van der Waals surface area contributed by atoms with Gasteiger partial charge in [-0.2, -0.15) is 0 Å². The van der Waals surface area contributed by atoms with E-state index in [0.29, 0.717) is 5.92 Å². The lowest BCUT2D eigenvalue weighted by molar-refractivity contribution is 0.275. The Hall–Kier alpha value is -1.90. The standard InChI is InChI=1S/C17H20N2O/c1-17(2,3)14-9-13(12-7-5-4-6-8-12)10-15-16(11-14)19-20-18-15/h4-9,14H,10-11H2,1-3H3. The van der Waals surface area contributed by atoms with E-state index in [0.717, 1.165) is 24.2 Å². The highest BCUT2D eigenvalue weighted by Gasteiger charge is 2.29. The van der Waals surface area contributed by atoms with E-state index in [2.05, 4.69) is 61.4 Å². The number of hydrogen-bond acceptors (Lipinski definition) is 3. The molecule has 0 spiro atoms. The molecule has 0 amide bonds. The van der Waals surface area contributed by atoms with Gasteiger partial charge in [-0.05, 0) is 22.5 Å². The number of benzene rings is 1. The predicted molar refractivity (Wildman–Crippen MR) is 79.1 cm³/mol. The highest BCUT2D eigenvalue weighted by atomic mass is 16.6. The van der Waals surface area contributed by atoms with Gasteiger partial charge in [0.1, 0.15) is 11.4 Å². The zero-order valence-corrected chi connectivity index (χ0v) is 12.3. The smallest absolute Gasteiger partial charge is 0.112 e. The molecule has 0 saturated carbocycles. The van der Waals surface area contributed by atoms with Crippen molar-refractivity contribution >= 4 is 5.57 Å². The first-order valence-corrected chi connectivity index (χ1v) is 7.10. The molecular weight excluding hydrogens is 248 g/mol. The van der Waals surface area contributed by atoms with Crippen molar-refractivity contribution in [3.8, 4) is 0 Å². The zero-order valence-electron chi connectivity index (χ0n) is 12.3. The fraction of sp³-hybridized carbons (Fsp3) is 0.412. The van der Waals surface area contributed by atoms with Gasteiger partial charge in [-0.1, -0.05) is 67.5 Å². The van der Waals surface area contributed by atoms with Gasteiger partial charge in [-0.15, -0.1) is 0 Å². The Kier molecular flexibility index (Phi) is 3.20. The SMILES string of the molecule is CC(C)(C)C1C=C(c2ccccc2)Cc2nonc2C1. The number of hydrogen-bond donors (Lipinski definition) is 0. The van der Waals surface area contributed by atoms with Crippen LogP contribution in [-0.4, -0.2) is 10.3 Å². The highest BCUT2D eigenvalue weighted by molar-refractivity contribution is 5.68. The fourth-order valence-corrected chi connectivity index (χ4v) is 2.67. The van der Waals surface area contributed by atoms with Gasteiger partial charge in [0.15, 0.2) is 0 Å². The first-order chi connectivity index (χ1) is 9.54. The number of fused-ring (bicyclic) bond motifs is 1. The van der Waals surface area contributed by atoms with Crippen LogP contribution in [0.3, 0.4) is 0 Å². The van der Waals surface area contributed by atoms with Gasteiger partial charge in [0.2, 0.25) is 0 Å². The third-order valence-electron chi connectivity index (χ3n) is 4.07. The van der Waals surface area contributed by atoms with Crippen LogP contribution in [0.25, 0.3) is 5.57 Å². The van der Waals surface area contributed by atoms with Crippen molar-refractivity contribution in [3.05, 3.63) is 53.4 Å². The molecule has 104 valence electrons. The summed E-state index contributed by atoms with van der Waals surface area (Å²) in [5.41, 5.74) is 4.76. The normalized spacial score (nSPS) is 19.1. The van der Waals surface area contributed by atoms with Gasteiger partial charge in [0.25, 0.3) is 0 Å². The molecule has 0 radical (unpaired) electrons. The van der Waals surface area contributed by atoms with Crippen LogP contribution >= 0.6 is 0 Å². The van der Waals surface area contributed by atoms with Crippen molar-refractivity contribution in [1.82, 2.24) is 10.3 Å². The van der Waals surface area contributed by atoms with E-state index in [4.69, 9.17) is 4.63 Å². The second kappa shape index (κ2) is 4.89. The topological polar surface area (TPSA) is 38.9 Å². The summed E-state index contributed by atoms with van der Waals surface area (Å²) in [7, 11) is 0. The monoisotopic (exact) mass is 268 g/mol. The van der Waals surface area contributed by atoms with E-state index in [9.17, 15) is 0 Å². The molecule has 0 aliphatic heterocycles. The van der Waals surface area contributed by atoms with E-state index < -0.39 is 0 Å². The van der Waals surface area contributed by atoms with E-state index in [-0.39, 0.29) is 5.41 Å². The lowest BCUT2D eigenvalue weighted by Gasteiger charge is -2.27. The van der Waals surface area contributed by atoms with Gasteiger partial charge in [0, 0.05) is 12.8 Å². The third-order valence-corrected chi connectivity index (χ3v) is 4.07. The molecule has 0 fully saturated rings. The lowest BCUT2D eigenvalue weighted by atomic mass is 9.77. The van der Waals surface area contributed by atoms with Crippen LogP contribution in [0.5, 0.6) is 0 Å². The van der Waals surface area contributed by atoms with Crippen molar-refractivity contribution in [2.24, 2.45) is 11.3 Å². The van der Waals surface area contributed by atoms with Crippen molar-refractivity contribution in [1.29, 1.82) is 0 Å². The molecule has 1 unspecified atom stereocenters. The van der Waals surface area contributed by atoms with E-state index in [1.807, 2.05) is 6.07 Å². The molecule has 1 aromatic carbocycles. The minimum absolute atomic E-state index is 0.195. The third kappa shape index (κ3) is 2.53. The van der Waals surface area contributed by atoms with Crippen LogP contribution in [0.1, 0.15) is 37.7 Å². The second-order valence-electron chi connectivity index (χ2n) is 6.57. The molecule has 0 saturated heterocycles. The van der Waals surface area contributed by atoms with Crippen LogP contribution in [0.15, 0.2) is 41.0 Å². The molecule has 1 aliphatic carbocycles. The number of rotatable bonds is 1. The molecule has 1 heterocycles. The minimum Gasteiger partial charge on any atom is -0.244 e. The molecule has 0 N–H and O–H groups in total. The average molecular weight is 268 g/mol. The number of nitrogens with zero attached hydrogens (tertiary/aromatic N) is 2. The summed E-state index contributed by atoms with van der Waals surface area (Å²) in [4.78, 5) is 0. The molecule has 3 heteroatoms. The molecular formula is C17H20N2O. The number of allylic oxidation sites excluding steroid dienone is 2. The zero-order chi connectivity index (χ0) is 14.2. The Morgan fingerprint density at radius 1 is 1.05 bits per heavy atom. The van der Waals surface area contributed by atoms with E-state index >= 15 is 0 Å². The van der Waals surface area contributed by atoms with Crippen molar-refractivity contribution in [2.45, 2.75) is 33.6 Å². The minimum atomic E-state index is 0.195. The molecule has 1 aliphatic rings. The lowest BCUT2D eigenvalue weighted by Crippen LogP contribution is -2.20. The van der Waals surface area contributed by atoms with Crippen molar-refractivity contribution in [2.75, 3.05) is 0 Å². The van der Waals surface area contributed by atoms with E-state index in [1.165, 1.54) is 11.1 Å². The van der Waals surface area contributed by atoms with Crippen LogP contribution in [0.2, 0.25) is 0 Å². The Bertz CT molecular complexity index is 620. The molecule has 20 heavy (non-hydrogen) atoms. The molecule has 2 aromatic rings. The largest absolute Gasteiger partial charge is 0.244 e. The first kappa shape index (κ1) is 13.1. The highest BCUT2D eigenvalue weighted by Crippen LogP contribution is 2.36. The van der Waals surface area contributed by atoms with Gasteiger partial charge in [0.05, 0.1) is 0 Å². The average Bonchev–Trinajstić information content (AvgIpc) is 2.76. The maximum Gasteiger partial charge on any atom is 0.112 e. The quantitative estimate of drug-likeness (QED) is 0.787. The Morgan fingerprint density at radius 2 is 1.75 bits per heavy atom. The van der Waals surface area contributed by atoms with Crippen LogP contribution < -0.4 is 0 Å². The molecule has 1 aromatic heterocycles. The fourth-order valence-electron chi connectivity index (χ4n) is 2.67. The summed E-state index contributed by atoms with van der Waals surface area (Å²) in [6.07, 6.45) is 4.10. The summed E-state index contributed by atoms with van der Waals surface area (Å²) in [6.45, 7) is 6.82. The van der Waals surface area contributed by atoms with Gasteiger partial charge < -0.3 is 0 Å². The maximum atomic E-state index is 4.94. The summed E-state index contributed by atoms with van der Waals surface area (Å²) < 4.78 is 4.94. The van der Waals surface area contributed by atoms with Crippen LogP contribution in [-0.2, 0) is 12.8 Å². The Balaban J connectivity index is 2.06. The van der Waals surface area contributed by atoms with Crippen LogP contribution in [0, 0.1) is 11.3 Å². The van der Waals surface area contributed by atoms with Gasteiger partial charge in [-0.25, -0.2) is 4.63 Å². The maximum absolute atomic E-state index is 4.94. The Morgan fingerprint density at radius 3 is 2.45 bits per heavy atom. The van der Waals surface area contributed by atoms with Crippen LogP contribution in [0.4, 0.5) is 0 Å². The summed E-state index contributed by atoms with van der Waals surface area (Å²) in [5, 5.41) is 8.17. The summed E-state index contributed by atoms with van der Waals surface area (Å²) >= 11 is 0. The van der Waals surface area contributed by atoms with Gasteiger partial charge >= 0.3 is 0 Å². The summed E-state index contributed by atoms with van der Waals surface area (Å²) in [5.74, 6) is 0.436. The molecule has 0 bridgehead atoms. The van der Waals surface area contributed by atoms with E-state index in [1.54, 1.807) is 0 Å². The molecule has 1 atom stereocenters. The molecule has 3 rings (SSSR count). The summed E-state index contributed by atoms with van der Waals surface area (Å²) in [6, 6.07) is 10.5. The Labute approximate surface area is 119 Å². The number of aromatic nitrogens is 2. The van der Waals surface area contributed by atoms with Crippen molar-refractivity contribution < 1.29 is 4.63 Å².